The first-order valence-electron chi connectivity index (χ1n) is 7.95. The summed E-state index contributed by atoms with van der Waals surface area (Å²) in [5.41, 5.74) is 1.64. The van der Waals surface area contributed by atoms with Crippen LogP contribution in [0.2, 0.25) is 0 Å². The molecule has 7 heteroatoms. The first-order valence-corrected chi connectivity index (χ1v) is 8.83. The molecule has 2 aromatic rings. The maximum Gasteiger partial charge on any atom is 0.270 e. The van der Waals surface area contributed by atoms with Crippen LogP contribution in [0, 0.1) is 0 Å². The van der Waals surface area contributed by atoms with E-state index in [2.05, 4.69) is 15.2 Å². The van der Waals surface area contributed by atoms with Gasteiger partial charge < -0.3 is 19.7 Å². The van der Waals surface area contributed by atoms with Crippen LogP contribution in [0.25, 0.3) is 0 Å². The first kappa shape index (κ1) is 16.7. The Bertz CT molecular complexity index is 666. The van der Waals surface area contributed by atoms with E-state index in [1.54, 1.807) is 7.11 Å². The van der Waals surface area contributed by atoms with E-state index in [1.165, 1.54) is 11.3 Å². The molecule has 3 rings (SSSR count). The van der Waals surface area contributed by atoms with Gasteiger partial charge in [-0.15, -0.1) is 11.3 Å². The second kappa shape index (κ2) is 8.12. The van der Waals surface area contributed by atoms with Gasteiger partial charge in [0, 0.05) is 25.0 Å². The van der Waals surface area contributed by atoms with Crippen LogP contribution in [-0.4, -0.2) is 50.8 Å². The van der Waals surface area contributed by atoms with Crippen molar-refractivity contribution in [1.29, 1.82) is 0 Å². The molecule has 0 radical (unpaired) electrons. The SMILES string of the molecule is COc1ccc(CCNC(=O)c2csc(N3CCOCC3)n2)cc1. The highest BCUT2D eigenvalue weighted by Crippen LogP contribution is 2.21. The lowest BCUT2D eigenvalue weighted by Crippen LogP contribution is -2.36. The van der Waals surface area contributed by atoms with Gasteiger partial charge in [-0.2, -0.15) is 0 Å². The molecule has 6 nitrogen and oxygen atoms in total. The van der Waals surface area contributed by atoms with Crippen molar-refractivity contribution in [3.05, 3.63) is 40.9 Å². The number of nitrogens with zero attached hydrogens (tertiary/aromatic N) is 2. The van der Waals surface area contributed by atoms with Gasteiger partial charge in [0.25, 0.3) is 5.91 Å². The van der Waals surface area contributed by atoms with Gasteiger partial charge in [0.1, 0.15) is 11.4 Å². The normalized spacial score (nSPS) is 14.5. The van der Waals surface area contributed by atoms with Crippen LogP contribution >= 0.6 is 11.3 Å². The zero-order chi connectivity index (χ0) is 16.8. The average molecular weight is 347 g/mol. The lowest BCUT2D eigenvalue weighted by atomic mass is 10.1. The summed E-state index contributed by atoms with van der Waals surface area (Å²) in [7, 11) is 1.65. The number of rotatable bonds is 6. The molecule has 1 amide bonds. The molecule has 0 saturated carbocycles. The number of methoxy groups -OCH3 is 1. The maximum atomic E-state index is 12.2. The summed E-state index contributed by atoms with van der Waals surface area (Å²) in [5, 5.41) is 5.62. The number of benzene rings is 1. The minimum Gasteiger partial charge on any atom is -0.497 e. The van der Waals surface area contributed by atoms with Crippen molar-refractivity contribution < 1.29 is 14.3 Å². The van der Waals surface area contributed by atoms with Crippen LogP contribution in [0.4, 0.5) is 5.13 Å². The van der Waals surface area contributed by atoms with Gasteiger partial charge in [-0.3, -0.25) is 4.79 Å². The molecule has 0 spiro atoms. The van der Waals surface area contributed by atoms with E-state index in [9.17, 15) is 4.79 Å². The van der Waals surface area contributed by atoms with E-state index in [0.29, 0.717) is 25.5 Å². The van der Waals surface area contributed by atoms with Gasteiger partial charge in [-0.25, -0.2) is 4.98 Å². The molecule has 0 bridgehead atoms. The highest BCUT2D eigenvalue weighted by atomic mass is 32.1. The Morgan fingerprint density at radius 2 is 2.08 bits per heavy atom. The van der Waals surface area contributed by atoms with E-state index >= 15 is 0 Å². The Morgan fingerprint density at radius 3 is 2.79 bits per heavy atom. The number of aromatic nitrogens is 1. The number of amides is 1. The van der Waals surface area contributed by atoms with Crippen LogP contribution in [0.3, 0.4) is 0 Å². The zero-order valence-electron chi connectivity index (χ0n) is 13.7. The molecule has 1 saturated heterocycles. The Morgan fingerprint density at radius 1 is 1.33 bits per heavy atom. The highest BCUT2D eigenvalue weighted by Gasteiger charge is 2.17. The number of nitrogens with one attached hydrogen (secondary N) is 1. The minimum atomic E-state index is -0.126. The predicted octanol–water partition coefficient (Wildman–Crippen LogP) is 1.96. The summed E-state index contributed by atoms with van der Waals surface area (Å²) in [6, 6.07) is 7.85. The fourth-order valence-electron chi connectivity index (χ4n) is 2.47. The number of hydrogen-bond acceptors (Lipinski definition) is 6. The van der Waals surface area contributed by atoms with Gasteiger partial charge in [-0.05, 0) is 24.1 Å². The third-order valence-corrected chi connectivity index (χ3v) is 4.77. The molecule has 0 aliphatic carbocycles. The standard InChI is InChI=1S/C17H21N3O3S/c1-22-14-4-2-13(3-5-14)6-7-18-16(21)15-12-24-17(19-15)20-8-10-23-11-9-20/h2-5,12H,6-11H2,1H3,(H,18,21). The third-order valence-electron chi connectivity index (χ3n) is 3.86. The van der Waals surface area contributed by atoms with Crippen LogP contribution in [-0.2, 0) is 11.2 Å². The first-order chi connectivity index (χ1) is 11.8. The van der Waals surface area contributed by atoms with Gasteiger partial charge in [0.05, 0.1) is 20.3 Å². The number of hydrogen-bond donors (Lipinski definition) is 1. The molecule has 1 aliphatic heterocycles. The monoisotopic (exact) mass is 347 g/mol. The molecule has 1 aromatic heterocycles. The third kappa shape index (κ3) is 4.24. The van der Waals surface area contributed by atoms with Crippen molar-refractivity contribution in [2.75, 3.05) is 44.9 Å². The smallest absolute Gasteiger partial charge is 0.270 e. The second-order valence-corrected chi connectivity index (χ2v) is 6.31. The fraction of sp³-hybridized carbons (Fsp3) is 0.412. The molecule has 1 aromatic carbocycles. The van der Waals surface area contributed by atoms with Crippen molar-refractivity contribution in [1.82, 2.24) is 10.3 Å². The van der Waals surface area contributed by atoms with E-state index in [0.717, 1.165) is 36.0 Å². The molecule has 1 N–H and O–H groups in total. The zero-order valence-corrected chi connectivity index (χ0v) is 14.5. The van der Waals surface area contributed by atoms with Crippen molar-refractivity contribution in [2.24, 2.45) is 0 Å². The largest absolute Gasteiger partial charge is 0.497 e. The second-order valence-electron chi connectivity index (χ2n) is 5.47. The molecular formula is C17H21N3O3S. The molecule has 2 heterocycles. The number of ether oxygens (including phenoxy) is 2. The maximum absolute atomic E-state index is 12.2. The Labute approximate surface area is 145 Å². The summed E-state index contributed by atoms with van der Waals surface area (Å²) >= 11 is 1.50. The predicted molar refractivity (Wildman–Crippen MR) is 94.2 cm³/mol. The van der Waals surface area contributed by atoms with Crippen LogP contribution in [0.1, 0.15) is 16.1 Å². The highest BCUT2D eigenvalue weighted by molar-refractivity contribution is 7.13. The molecule has 1 aliphatic rings. The number of carbonyl (C=O) groups is 1. The van der Waals surface area contributed by atoms with E-state index in [4.69, 9.17) is 9.47 Å². The summed E-state index contributed by atoms with van der Waals surface area (Å²) in [6.45, 7) is 3.65. The number of thiazole rings is 1. The van der Waals surface area contributed by atoms with Crippen molar-refractivity contribution >= 4 is 22.4 Å². The lowest BCUT2D eigenvalue weighted by Gasteiger charge is -2.25. The van der Waals surface area contributed by atoms with E-state index < -0.39 is 0 Å². The molecule has 0 atom stereocenters. The van der Waals surface area contributed by atoms with Gasteiger partial charge in [0.15, 0.2) is 5.13 Å². The van der Waals surface area contributed by atoms with Crippen molar-refractivity contribution in [3.63, 3.8) is 0 Å². The van der Waals surface area contributed by atoms with E-state index in [-0.39, 0.29) is 5.91 Å². The fourth-order valence-corrected chi connectivity index (χ4v) is 3.33. The van der Waals surface area contributed by atoms with Gasteiger partial charge in [-0.1, -0.05) is 12.1 Å². The Hall–Kier alpha value is -2.12. The summed E-state index contributed by atoms with van der Waals surface area (Å²) < 4.78 is 10.5. The number of anilines is 1. The quantitative estimate of drug-likeness (QED) is 0.865. The van der Waals surface area contributed by atoms with Crippen molar-refractivity contribution in [2.45, 2.75) is 6.42 Å². The summed E-state index contributed by atoms with van der Waals surface area (Å²) in [6.07, 6.45) is 0.774. The van der Waals surface area contributed by atoms with E-state index in [1.807, 2.05) is 29.6 Å². The number of morpholine rings is 1. The Kier molecular flexibility index (Phi) is 5.66. The van der Waals surface area contributed by atoms with Crippen LogP contribution in [0.5, 0.6) is 5.75 Å². The molecule has 1 fully saturated rings. The van der Waals surface area contributed by atoms with Gasteiger partial charge in [0.2, 0.25) is 0 Å². The Balaban J connectivity index is 1.48. The summed E-state index contributed by atoms with van der Waals surface area (Å²) in [4.78, 5) is 18.8. The summed E-state index contributed by atoms with van der Waals surface area (Å²) in [5.74, 6) is 0.708. The lowest BCUT2D eigenvalue weighted by molar-refractivity contribution is 0.0950. The number of carbonyl (C=O) groups excluding carboxylic acids is 1. The molecule has 24 heavy (non-hydrogen) atoms. The van der Waals surface area contributed by atoms with Crippen LogP contribution < -0.4 is 15.0 Å². The molecule has 0 unspecified atom stereocenters. The van der Waals surface area contributed by atoms with Crippen molar-refractivity contribution in [3.8, 4) is 5.75 Å². The topological polar surface area (TPSA) is 63.7 Å². The van der Waals surface area contributed by atoms with Gasteiger partial charge >= 0.3 is 0 Å². The minimum absolute atomic E-state index is 0.126. The molecule has 128 valence electrons. The molecular weight excluding hydrogens is 326 g/mol. The van der Waals surface area contributed by atoms with Crippen LogP contribution in [0.15, 0.2) is 29.6 Å². The average Bonchev–Trinajstić information content (AvgIpc) is 3.13.